The zero-order chi connectivity index (χ0) is 18.4. The lowest BCUT2D eigenvalue weighted by Crippen LogP contribution is -2.24. The van der Waals surface area contributed by atoms with Crippen LogP contribution < -0.4 is 14.9 Å². The summed E-state index contributed by atoms with van der Waals surface area (Å²) in [5.41, 5.74) is 3.25. The molecule has 6 heteroatoms. The highest BCUT2D eigenvalue weighted by Crippen LogP contribution is 2.26. The SMILES string of the molecule is COc1ccc2ccccc2c1/C=N/NC(=O)COc1ccc(Cl)cc1. The molecule has 0 aromatic heterocycles. The van der Waals surface area contributed by atoms with Crippen molar-refractivity contribution >= 4 is 34.5 Å². The van der Waals surface area contributed by atoms with Crippen LogP contribution in [0.3, 0.4) is 0 Å². The summed E-state index contributed by atoms with van der Waals surface area (Å²) < 4.78 is 10.8. The molecule has 0 aliphatic rings. The summed E-state index contributed by atoms with van der Waals surface area (Å²) in [7, 11) is 1.60. The Morgan fingerprint density at radius 1 is 1.12 bits per heavy atom. The molecule has 3 rings (SSSR count). The predicted molar refractivity (Wildman–Crippen MR) is 103 cm³/mol. The molecule has 26 heavy (non-hydrogen) atoms. The molecule has 132 valence electrons. The average Bonchev–Trinajstić information content (AvgIpc) is 2.67. The molecular formula is C20H17ClN2O3. The number of nitrogens with zero attached hydrogens (tertiary/aromatic N) is 1. The monoisotopic (exact) mass is 368 g/mol. The van der Waals surface area contributed by atoms with E-state index in [1.807, 2.05) is 36.4 Å². The molecule has 0 bridgehead atoms. The maximum Gasteiger partial charge on any atom is 0.277 e. The first-order valence-corrected chi connectivity index (χ1v) is 8.31. The van der Waals surface area contributed by atoms with Gasteiger partial charge in [-0.1, -0.05) is 41.9 Å². The number of hydrazone groups is 1. The van der Waals surface area contributed by atoms with Crippen molar-refractivity contribution in [3.05, 3.63) is 71.2 Å². The summed E-state index contributed by atoms with van der Waals surface area (Å²) in [6, 6.07) is 18.5. The van der Waals surface area contributed by atoms with Crippen molar-refractivity contribution in [2.45, 2.75) is 0 Å². The van der Waals surface area contributed by atoms with Gasteiger partial charge in [-0.3, -0.25) is 4.79 Å². The Morgan fingerprint density at radius 3 is 2.65 bits per heavy atom. The molecular weight excluding hydrogens is 352 g/mol. The standard InChI is InChI=1S/C20H17ClN2O3/c1-25-19-11-6-14-4-2-3-5-17(14)18(19)12-22-23-20(24)13-26-16-9-7-15(21)8-10-16/h2-12H,13H2,1H3,(H,23,24)/b22-12+. The molecule has 0 heterocycles. The van der Waals surface area contributed by atoms with Gasteiger partial charge in [0.2, 0.25) is 0 Å². The number of benzene rings is 3. The Morgan fingerprint density at radius 2 is 1.88 bits per heavy atom. The van der Waals surface area contributed by atoms with Crippen LogP contribution in [0, 0.1) is 0 Å². The van der Waals surface area contributed by atoms with Crippen LogP contribution in [0.25, 0.3) is 10.8 Å². The van der Waals surface area contributed by atoms with Crippen molar-refractivity contribution in [2.75, 3.05) is 13.7 Å². The van der Waals surface area contributed by atoms with Crippen LogP contribution in [0.1, 0.15) is 5.56 Å². The van der Waals surface area contributed by atoms with Crippen LogP contribution in [0.2, 0.25) is 5.02 Å². The third-order valence-corrected chi connectivity index (χ3v) is 3.97. The first kappa shape index (κ1) is 17.8. The van der Waals surface area contributed by atoms with E-state index in [0.717, 1.165) is 16.3 Å². The molecule has 3 aromatic rings. The summed E-state index contributed by atoms with van der Waals surface area (Å²) in [6.07, 6.45) is 1.57. The molecule has 0 radical (unpaired) electrons. The minimum atomic E-state index is -0.365. The van der Waals surface area contributed by atoms with Gasteiger partial charge in [0.15, 0.2) is 6.61 Å². The van der Waals surface area contributed by atoms with Gasteiger partial charge < -0.3 is 9.47 Å². The number of nitrogens with one attached hydrogen (secondary N) is 1. The second kappa shape index (κ2) is 8.36. The third kappa shape index (κ3) is 4.32. The molecule has 0 atom stereocenters. The fourth-order valence-electron chi connectivity index (χ4n) is 2.47. The Hall–Kier alpha value is -3.05. The highest BCUT2D eigenvalue weighted by molar-refractivity contribution is 6.30. The summed E-state index contributed by atoms with van der Waals surface area (Å²) >= 11 is 5.80. The number of rotatable bonds is 6. The normalized spacial score (nSPS) is 10.8. The van der Waals surface area contributed by atoms with Gasteiger partial charge in [-0.25, -0.2) is 5.43 Å². The van der Waals surface area contributed by atoms with E-state index in [9.17, 15) is 4.79 Å². The van der Waals surface area contributed by atoms with Crippen molar-refractivity contribution in [2.24, 2.45) is 5.10 Å². The van der Waals surface area contributed by atoms with E-state index < -0.39 is 0 Å². The molecule has 1 amide bonds. The number of hydrogen-bond donors (Lipinski definition) is 1. The zero-order valence-electron chi connectivity index (χ0n) is 14.1. The Kier molecular flexibility index (Phi) is 5.71. The average molecular weight is 369 g/mol. The first-order valence-electron chi connectivity index (χ1n) is 7.93. The molecule has 0 aliphatic heterocycles. The molecule has 5 nitrogen and oxygen atoms in total. The molecule has 0 unspecified atom stereocenters. The lowest BCUT2D eigenvalue weighted by Gasteiger charge is -2.08. The van der Waals surface area contributed by atoms with Crippen LogP contribution in [-0.2, 0) is 4.79 Å². The summed E-state index contributed by atoms with van der Waals surface area (Å²) in [4.78, 5) is 11.9. The summed E-state index contributed by atoms with van der Waals surface area (Å²) in [5.74, 6) is 0.874. The van der Waals surface area contributed by atoms with Crippen molar-refractivity contribution in [1.29, 1.82) is 0 Å². The van der Waals surface area contributed by atoms with Gasteiger partial charge in [-0.05, 0) is 41.1 Å². The molecule has 0 aliphatic carbocycles. The lowest BCUT2D eigenvalue weighted by molar-refractivity contribution is -0.123. The van der Waals surface area contributed by atoms with Gasteiger partial charge >= 0.3 is 0 Å². The van der Waals surface area contributed by atoms with E-state index in [1.165, 1.54) is 0 Å². The largest absolute Gasteiger partial charge is 0.496 e. The molecule has 1 N–H and O–H groups in total. The van der Waals surface area contributed by atoms with E-state index in [2.05, 4.69) is 10.5 Å². The predicted octanol–water partition coefficient (Wildman–Crippen LogP) is 4.03. The summed E-state index contributed by atoms with van der Waals surface area (Å²) in [6.45, 7) is -0.147. The van der Waals surface area contributed by atoms with Crippen LogP contribution in [0.15, 0.2) is 65.8 Å². The molecule has 0 fully saturated rings. The fourth-order valence-corrected chi connectivity index (χ4v) is 2.59. The van der Waals surface area contributed by atoms with Crippen molar-refractivity contribution in [3.8, 4) is 11.5 Å². The van der Waals surface area contributed by atoms with Gasteiger partial charge in [-0.2, -0.15) is 5.10 Å². The summed E-state index contributed by atoms with van der Waals surface area (Å²) in [5, 5.41) is 6.68. The second-order valence-corrected chi connectivity index (χ2v) is 5.87. The molecule has 3 aromatic carbocycles. The maximum absolute atomic E-state index is 11.9. The number of hydrogen-bond acceptors (Lipinski definition) is 4. The lowest BCUT2D eigenvalue weighted by atomic mass is 10.0. The number of amides is 1. The zero-order valence-corrected chi connectivity index (χ0v) is 14.9. The number of carbonyl (C=O) groups is 1. The van der Waals surface area contributed by atoms with E-state index in [1.54, 1.807) is 37.6 Å². The quantitative estimate of drug-likeness (QED) is 0.528. The van der Waals surface area contributed by atoms with Crippen LogP contribution in [-0.4, -0.2) is 25.8 Å². The van der Waals surface area contributed by atoms with Gasteiger partial charge in [0.1, 0.15) is 11.5 Å². The molecule has 0 saturated carbocycles. The minimum absolute atomic E-state index is 0.147. The number of ether oxygens (including phenoxy) is 2. The molecule has 0 saturated heterocycles. The number of carbonyl (C=O) groups excluding carboxylic acids is 1. The highest BCUT2D eigenvalue weighted by atomic mass is 35.5. The first-order chi connectivity index (χ1) is 12.7. The smallest absolute Gasteiger partial charge is 0.277 e. The minimum Gasteiger partial charge on any atom is -0.496 e. The van der Waals surface area contributed by atoms with E-state index in [4.69, 9.17) is 21.1 Å². The van der Waals surface area contributed by atoms with Crippen LogP contribution >= 0.6 is 11.6 Å². The second-order valence-electron chi connectivity index (χ2n) is 5.44. The van der Waals surface area contributed by atoms with E-state index in [-0.39, 0.29) is 12.5 Å². The number of fused-ring (bicyclic) bond motifs is 1. The topological polar surface area (TPSA) is 59.9 Å². The highest BCUT2D eigenvalue weighted by Gasteiger charge is 2.06. The van der Waals surface area contributed by atoms with Gasteiger partial charge in [0, 0.05) is 10.6 Å². The van der Waals surface area contributed by atoms with Gasteiger partial charge in [-0.15, -0.1) is 0 Å². The fraction of sp³-hybridized carbons (Fsp3) is 0.100. The van der Waals surface area contributed by atoms with Crippen LogP contribution in [0.4, 0.5) is 0 Å². The van der Waals surface area contributed by atoms with Crippen molar-refractivity contribution < 1.29 is 14.3 Å². The van der Waals surface area contributed by atoms with Gasteiger partial charge in [0.25, 0.3) is 5.91 Å². The van der Waals surface area contributed by atoms with Crippen molar-refractivity contribution in [1.82, 2.24) is 5.43 Å². The Bertz CT molecular complexity index is 939. The van der Waals surface area contributed by atoms with E-state index in [0.29, 0.717) is 16.5 Å². The maximum atomic E-state index is 11.9. The van der Waals surface area contributed by atoms with Gasteiger partial charge in [0.05, 0.1) is 13.3 Å². The van der Waals surface area contributed by atoms with Crippen LogP contribution in [0.5, 0.6) is 11.5 Å². The number of halogens is 1. The number of methoxy groups -OCH3 is 1. The molecule has 0 spiro atoms. The Labute approximate surface area is 156 Å². The third-order valence-electron chi connectivity index (χ3n) is 3.72. The van der Waals surface area contributed by atoms with E-state index >= 15 is 0 Å². The van der Waals surface area contributed by atoms with Crippen molar-refractivity contribution in [3.63, 3.8) is 0 Å². The Balaban J connectivity index is 1.65.